The Balaban J connectivity index is 1.58. The van der Waals surface area contributed by atoms with Crippen molar-refractivity contribution < 1.29 is 28.3 Å². The van der Waals surface area contributed by atoms with Gasteiger partial charge in [-0.25, -0.2) is 9.80 Å². The van der Waals surface area contributed by atoms with Crippen molar-refractivity contribution in [3.8, 4) is 11.5 Å². The highest BCUT2D eigenvalue weighted by Crippen LogP contribution is 2.37. The first kappa shape index (κ1) is 22.5. The summed E-state index contributed by atoms with van der Waals surface area (Å²) in [6, 6.07) is 9.00. The van der Waals surface area contributed by atoms with Gasteiger partial charge in [0.2, 0.25) is 0 Å². The van der Waals surface area contributed by atoms with Gasteiger partial charge >= 0.3 is 5.97 Å². The molecule has 172 valence electrons. The largest absolute Gasteiger partial charge is 0.493 e. The summed E-state index contributed by atoms with van der Waals surface area (Å²) in [5, 5.41) is 11.7. The van der Waals surface area contributed by atoms with E-state index in [2.05, 4.69) is 10.3 Å². The summed E-state index contributed by atoms with van der Waals surface area (Å²) in [6.45, 7) is 2.79. The van der Waals surface area contributed by atoms with E-state index in [1.165, 1.54) is 5.01 Å². The molecule has 0 N–H and O–H groups in total. The van der Waals surface area contributed by atoms with Crippen molar-refractivity contribution in [2.75, 3.05) is 20.8 Å². The number of carbonyl (C=O) groups excluding carboxylic acids is 2. The topological polar surface area (TPSA) is 103 Å². The van der Waals surface area contributed by atoms with Crippen LogP contribution >= 0.6 is 11.3 Å². The fourth-order valence-corrected chi connectivity index (χ4v) is 4.41. The van der Waals surface area contributed by atoms with Crippen molar-refractivity contribution in [1.82, 2.24) is 10.2 Å². The lowest BCUT2D eigenvalue weighted by molar-refractivity contribution is -0.136. The minimum absolute atomic E-state index is 0.225. The summed E-state index contributed by atoms with van der Waals surface area (Å²) in [4.78, 5) is 26.6. The van der Waals surface area contributed by atoms with Crippen molar-refractivity contribution in [2.45, 2.75) is 26.3 Å². The molecular weight excluding hydrogens is 446 g/mol. The fraction of sp³-hybridized carbons (Fsp3) is 0.304. The fourth-order valence-electron chi connectivity index (χ4n) is 3.69. The number of carbonyl (C=O) groups is 2. The molecule has 0 bridgehead atoms. The number of ether oxygens (including phenoxy) is 3. The number of hydrogen-bond donors (Lipinski definition) is 0. The molecule has 2 aromatic heterocycles. The second-order valence-corrected chi connectivity index (χ2v) is 8.32. The van der Waals surface area contributed by atoms with Crippen molar-refractivity contribution >= 4 is 28.9 Å². The molecule has 1 atom stereocenters. The van der Waals surface area contributed by atoms with Crippen LogP contribution < -0.4 is 9.47 Å². The van der Waals surface area contributed by atoms with Gasteiger partial charge in [0.15, 0.2) is 18.1 Å². The highest BCUT2D eigenvalue weighted by molar-refractivity contribution is 7.12. The zero-order valence-corrected chi connectivity index (χ0v) is 19.5. The average Bonchev–Trinajstić information content (AvgIpc) is 3.57. The first-order valence-electron chi connectivity index (χ1n) is 10.2. The molecule has 0 saturated carbocycles. The summed E-state index contributed by atoms with van der Waals surface area (Å²) in [5.41, 5.74) is 2.25. The monoisotopic (exact) mass is 469 g/mol. The first-order valence-corrected chi connectivity index (χ1v) is 11.1. The number of aromatic nitrogens is 1. The van der Waals surface area contributed by atoms with Crippen LogP contribution in [0.1, 0.15) is 44.7 Å². The molecule has 0 unspecified atom stereocenters. The third kappa shape index (κ3) is 4.47. The lowest BCUT2D eigenvalue weighted by atomic mass is 10.0. The molecule has 0 radical (unpaired) electrons. The second-order valence-electron chi connectivity index (χ2n) is 7.37. The third-order valence-electron chi connectivity index (χ3n) is 5.33. The van der Waals surface area contributed by atoms with Gasteiger partial charge in [-0.1, -0.05) is 17.3 Å². The Labute approximate surface area is 194 Å². The van der Waals surface area contributed by atoms with E-state index in [1.807, 2.05) is 29.6 Å². The van der Waals surface area contributed by atoms with Crippen molar-refractivity contribution in [1.29, 1.82) is 0 Å². The summed E-state index contributed by atoms with van der Waals surface area (Å²) < 4.78 is 21.0. The summed E-state index contributed by atoms with van der Waals surface area (Å²) in [7, 11) is 3.12. The minimum atomic E-state index is -0.663. The van der Waals surface area contributed by atoms with Crippen LogP contribution in [0.15, 0.2) is 45.3 Å². The van der Waals surface area contributed by atoms with Crippen LogP contribution in [-0.4, -0.2) is 48.6 Å². The SMILES string of the molecule is COc1ccc([C@@H]2CC(c3cccs3)=NN2C(=O)COC(=O)c2c(C)noc2C)cc1OC. The predicted molar refractivity (Wildman–Crippen MR) is 121 cm³/mol. The molecule has 0 fully saturated rings. The Morgan fingerprint density at radius 3 is 2.61 bits per heavy atom. The molecule has 1 amide bonds. The van der Waals surface area contributed by atoms with Crippen molar-refractivity contribution in [2.24, 2.45) is 5.10 Å². The lowest BCUT2D eigenvalue weighted by Crippen LogP contribution is -2.31. The standard InChI is InChI=1S/C23H23N3O6S/c1-13-22(14(2)32-25-13)23(28)31-12-21(27)26-17(11-16(24-26)20-6-5-9-33-20)15-7-8-18(29-3)19(10-15)30-4/h5-10,17H,11-12H2,1-4H3/t17-/m0/s1. The van der Waals surface area contributed by atoms with Crippen LogP contribution in [0.25, 0.3) is 0 Å². The third-order valence-corrected chi connectivity index (χ3v) is 6.25. The number of esters is 1. The van der Waals surface area contributed by atoms with E-state index in [0.29, 0.717) is 29.4 Å². The lowest BCUT2D eigenvalue weighted by Gasteiger charge is -2.22. The van der Waals surface area contributed by atoms with E-state index in [1.54, 1.807) is 45.5 Å². The Kier molecular flexibility index (Phi) is 6.45. The molecular formula is C23H23N3O6S. The zero-order chi connectivity index (χ0) is 23.5. The van der Waals surface area contributed by atoms with Crippen molar-refractivity contribution in [3.63, 3.8) is 0 Å². The number of methoxy groups -OCH3 is 2. The highest BCUT2D eigenvalue weighted by Gasteiger charge is 2.34. The second kappa shape index (κ2) is 9.45. The van der Waals surface area contributed by atoms with Gasteiger partial charge in [0.05, 0.1) is 36.5 Å². The molecule has 33 heavy (non-hydrogen) atoms. The molecule has 0 aliphatic carbocycles. The molecule has 0 spiro atoms. The van der Waals surface area contributed by atoms with Crippen LogP contribution in [-0.2, 0) is 9.53 Å². The van der Waals surface area contributed by atoms with Gasteiger partial charge < -0.3 is 18.7 Å². The molecule has 3 heterocycles. The van der Waals surface area contributed by atoms with Gasteiger partial charge in [0.25, 0.3) is 5.91 Å². The number of amides is 1. The number of hydrazone groups is 1. The van der Waals surface area contributed by atoms with Crippen LogP contribution in [0.2, 0.25) is 0 Å². The van der Waals surface area contributed by atoms with E-state index in [-0.39, 0.29) is 11.6 Å². The molecule has 10 heteroatoms. The molecule has 1 aromatic carbocycles. The number of aryl methyl sites for hydroxylation is 2. The number of thiophene rings is 1. The average molecular weight is 470 g/mol. The minimum Gasteiger partial charge on any atom is -0.493 e. The van der Waals surface area contributed by atoms with Crippen LogP contribution in [0.3, 0.4) is 0 Å². The van der Waals surface area contributed by atoms with Gasteiger partial charge in [0, 0.05) is 6.42 Å². The van der Waals surface area contributed by atoms with Crippen LogP contribution in [0, 0.1) is 13.8 Å². The highest BCUT2D eigenvalue weighted by atomic mass is 32.1. The summed E-state index contributed by atoms with van der Waals surface area (Å²) >= 11 is 1.55. The van der Waals surface area contributed by atoms with E-state index in [9.17, 15) is 9.59 Å². The van der Waals surface area contributed by atoms with Gasteiger partial charge in [-0.15, -0.1) is 11.3 Å². The number of hydrogen-bond acceptors (Lipinski definition) is 9. The molecule has 4 rings (SSSR count). The number of benzene rings is 1. The molecule has 1 aliphatic rings. The number of rotatable bonds is 7. The smallest absolute Gasteiger partial charge is 0.344 e. The molecule has 1 aliphatic heterocycles. The maximum absolute atomic E-state index is 13.1. The van der Waals surface area contributed by atoms with E-state index in [0.717, 1.165) is 16.2 Å². The predicted octanol–water partition coefficient (Wildman–Crippen LogP) is 3.90. The molecule has 3 aromatic rings. The zero-order valence-electron chi connectivity index (χ0n) is 18.7. The van der Waals surface area contributed by atoms with Gasteiger partial charge in [-0.3, -0.25) is 4.79 Å². The van der Waals surface area contributed by atoms with Gasteiger partial charge in [-0.05, 0) is 43.0 Å². The quantitative estimate of drug-likeness (QED) is 0.483. The summed E-state index contributed by atoms with van der Waals surface area (Å²) in [6.07, 6.45) is 0.513. The van der Waals surface area contributed by atoms with Gasteiger partial charge in [-0.2, -0.15) is 5.10 Å². The van der Waals surface area contributed by atoms with Crippen molar-refractivity contribution in [3.05, 3.63) is 63.2 Å². The van der Waals surface area contributed by atoms with E-state index in [4.69, 9.17) is 18.7 Å². The number of nitrogens with zero attached hydrogens (tertiary/aromatic N) is 3. The van der Waals surface area contributed by atoms with E-state index < -0.39 is 18.5 Å². The normalized spacial score (nSPS) is 15.3. The maximum atomic E-state index is 13.1. The summed E-state index contributed by atoms with van der Waals surface area (Å²) in [5.74, 6) is 0.374. The molecule has 0 saturated heterocycles. The maximum Gasteiger partial charge on any atom is 0.344 e. The van der Waals surface area contributed by atoms with E-state index >= 15 is 0 Å². The Morgan fingerprint density at radius 2 is 1.97 bits per heavy atom. The molecule has 9 nitrogen and oxygen atoms in total. The van der Waals surface area contributed by atoms with Gasteiger partial charge in [0.1, 0.15) is 11.3 Å². The van der Waals surface area contributed by atoms with Crippen LogP contribution in [0.5, 0.6) is 11.5 Å². The Morgan fingerprint density at radius 1 is 1.18 bits per heavy atom. The van der Waals surface area contributed by atoms with Crippen LogP contribution in [0.4, 0.5) is 0 Å². The Hall–Kier alpha value is -3.66. The Bertz CT molecular complexity index is 1180. The first-order chi connectivity index (χ1) is 15.9.